The highest BCUT2D eigenvalue weighted by Crippen LogP contribution is 2.57. The molecule has 0 aromatic carbocycles. The van der Waals surface area contributed by atoms with Gasteiger partial charge < -0.3 is 5.11 Å². The largest absolute Gasteiger partial charge is 0.478 e. The molecule has 24 heavy (non-hydrogen) atoms. The van der Waals surface area contributed by atoms with E-state index in [-0.39, 0.29) is 0 Å². The molecule has 2 fully saturated rings. The fourth-order valence-corrected chi connectivity index (χ4v) is 4.47. The molecule has 0 spiro atoms. The summed E-state index contributed by atoms with van der Waals surface area (Å²) in [5, 5.41) is 8.31. The van der Waals surface area contributed by atoms with Crippen molar-refractivity contribution in [1.82, 2.24) is 0 Å². The molecule has 0 aromatic rings. The minimum absolute atomic E-state index is 0.317. The van der Waals surface area contributed by atoms with Gasteiger partial charge in [-0.15, -0.1) is 0 Å². The van der Waals surface area contributed by atoms with Crippen molar-refractivity contribution in [2.24, 2.45) is 17.3 Å². The second kappa shape index (κ2) is 11.9. The Morgan fingerprint density at radius 2 is 2.04 bits per heavy atom. The third kappa shape index (κ3) is 6.38. The van der Waals surface area contributed by atoms with Gasteiger partial charge in [0.2, 0.25) is 0 Å². The van der Waals surface area contributed by atoms with E-state index in [9.17, 15) is 4.79 Å². The van der Waals surface area contributed by atoms with Crippen molar-refractivity contribution in [3.05, 3.63) is 22.7 Å². The van der Waals surface area contributed by atoms with Crippen LogP contribution in [0.2, 0.25) is 0 Å². The minimum Gasteiger partial charge on any atom is -0.478 e. The van der Waals surface area contributed by atoms with Crippen molar-refractivity contribution >= 4 is 21.9 Å². The van der Waals surface area contributed by atoms with Crippen molar-refractivity contribution in [2.75, 3.05) is 0 Å². The molecule has 3 heteroatoms. The maximum absolute atomic E-state index is 10.1. The first-order valence-electron chi connectivity index (χ1n) is 9.57. The van der Waals surface area contributed by atoms with Crippen LogP contribution in [0.3, 0.4) is 0 Å². The van der Waals surface area contributed by atoms with E-state index in [1.807, 2.05) is 20.8 Å². The Bertz CT molecular complexity index is 428. The lowest BCUT2D eigenvalue weighted by molar-refractivity contribution is -0.132. The number of rotatable bonds is 4. The Balaban J connectivity index is 0.000000426. The molecule has 2 saturated carbocycles. The smallest absolute Gasteiger partial charge is 0.330 e. The van der Waals surface area contributed by atoms with Crippen LogP contribution >= 0.6 is 15.9 Å². The Hall–Kier alpha value is -0.570. The molecule has 0 aliphatic heterocycles. The zero-order valence-electron chi connectivity index (χ0n) is 16.3. The van der Waals surface area contributed by atoms with Gasteiger partial charge in [0, 0.05) is 5.57 Å². The first kappa shape index (κ1) is 23.4. The summed E-state index contributed by atoms with van der Waals surface area (Å²) in [6.45, 7) is 14.4. The predicted octanol–water partition coefficient (Wildman–Crippen LogP) is 7.35. The topological polar surface area (TPSA) is 37.3 Å². The number of halogens is 1. The average Bonchev–Trinajstić information content (AvgIpc) is 2.90. The molecular weight excluding hydrogens is 364 g/mol. The third-order valence-corrected chi connectivity index (χ3v) is 6.30. The lowest BCUT2D eigenvalue weighted by Crippen LogP contribution is -2.31. The molecule has 2 aliphatic carbocycles. The summed E-state index contributed by atoms with van der Waals surface area (Å²) >= 11 is 3.53. The van der Waals surface area contributed by atoms with Crippen molar-refractivity contribution in [3.63, 3.8) is 0 Å². The van der Waals surface area contributed by atoms with Gasteiger partial charge >= 0.3 is 5.97 Å². The molecule has 1 N–H and O–H groups in total. The summed E-state index contributed by atoms with van der Waals surface area (Å²) in [5.41, 5.74) is 2.62. The maximum Gasteiger partial charge on any atom is 0.330 e. The van der Waals surface area contributed by atoms with Crippen LogP contribution in [-0.4, -0.2) is 11.1 Å². The van der Waals surface area contributed by atoms with Gasteiger partial charge in [0.25, 0.3) is 0 Å². The molecular formula is C21H37BrO2. The first-order valence-corrected chi connectivity index (χ1v) is 10.5. The minimum atomic E-state index is -0.872. The van der Waals surface area contributed by atoms with Crippen LogP contribution in [0.25, 0.3) is 0 Å². The van der Waals surface area contributed by atoms with Gasteiger partial charge in [-0.2, -0.15) is 0 Å². The van der Waals surface area contributed by atoms with E-state index >= 15 is 0 Å². The molecule has 0 radical (unpaired) electrons. The van der Waals surface area contributed by atoms with Crippen molar-refractivity contribution in [3.8, 4) is 0 Å². The fourth-order valence-electron chi connectivity index (χ4n) is 3.92. The number of unbranched alkanes of at least 4 members (excludes halogenated alkanes) is 1. The Kier molecular flexibility index (Phi) is 11.6. The Morgan fingerprint density at radius 1 is 1.42 bits per heavy atom. The highest BCUT2D eigenvalue weighted by Gasteiger charge is 2.46. The molecule has 0 saturated heterocycles. The van der Waals surface area contributed by atoms with E-state index in [4.69, 9.17) is 5.11 Å². The van der Waals surface area contributed by atoms with Crippen molar-refractivity contribution < 1.29 is 9.90 Å². The summed E-state index contributed by atoms with van der Waals surface area (Å²) in [6, 6.07) is 0. The van der Waals surface area contributed by atoms with Crippen LogP contribution in [0.1, 0.15) is 86.0 Å². The number of hydrogen-bond acceptors (Lipinski definition) is 1. The Labute approximate surface area is 157 Å². The van der Waals surface area contributed by atoms with Crippen LogP contribution in [0, 0.1) is 17.3 Å². The number of fused-ring (bicyclic) bond motifs is 1. The van der Waals surface area contributed by atoms with Gasteiger partial charge in [0.1, 0.15) is 0 Å². The van der Waals surface area contributed by atoms with Crippen LogP contribution in [0.5, 0.6) is 0 Å². The van der Waals surface area contributed by atoms with Crippen LogP contribution < -0.4 is 0 Å². The van der Waals surface area contributed by atoms with Crippen LogP contribution in [0.15, 0.2) is 22.7 Å². The molecule has 3 atom stereocenters. The van der Waals surface area contributed by atoms with E-state index in [1.54, 1.807) is 5.57 Å². The first-order chi connectivity index (χ1) is 11.4. The molecule has 2 rings (SSSR count). The second-order valence-electron chi connectivity index (χ2n) is 7.09. The van der Waals surface area contributed by atoms with Crippen LogP contribution in [0.4, 0.5) is 0 Å². The number of carboxylic acids is 1. The quantitative estimate of drug-likeness (QED) is 0.500. The molecule has 3 unspecified atom stereocenters. The Morgan fingerprint density at radius 3 is 2.54 bits per heavy atom. The molecule has 2 aliphatic rings. The summed E-state index contributed by atoms with van der Waals surface area (Å²) in [7, 11) is 0. The summed E-state index contributed by atoms with van der Waals surface area (Å²) in [5.74, 6) is 0.944. The number of carboxylic acid groups (broad SMARTS) is 1. The molecule has 140 valence electrons. The zero-order chi connectivity index (χ0) is 18.8. The second-order valence-corrected chi connectivity index (χ2v) is 7.54. The number of allylic oxidation sites excluding steroid dienone is 1. The molecule has 0 aromatic heterocycles. The molecule has 2 nitrogen and oxygen atoms in total. The highest BCUT2D eigenvalue weighted by atomic mass is 79.9. The van der Waals surface area contributed by atoms with Crippen molar-refractivity contribution in [2.45, 2.75) is 86.0 Å². The van der Waals surface area contributed by atoms with Crippen molar-refractivity contribution in [1.29, 1.82) is 0 Å². The average molecular weight is 401 g/mol. The van der Waals surface area contributed by atoms with E-state index in [1.165, 1.54) is 32.1 Å². The van der Waals surface area contributed by atoms with Gasteiger partial charge in [-0.05, 0) is 67.2 Å². The normalized spacial score (nSPS) is 29.7. The zero-order valence-corrected chi connectivity index (χ0v) is 17.9. The number of hydrogen-bond donors (Lipinski definition) is 1. The van der Waals surface area contributed by atoms with Gasteiger partial charge in [-0.25, -0.2) is 4.79 Å². The summed E-state index contributed by atoms with van der Waals surface area (Å²) in [4.78, 5) is 12.3. The summed E-state index contributed by atoms with van der Waals surface area (Å²) in [6.07, 6.45) is 9.60. The fraction of sp³-hybridized carbons (Fsp3) is 0.762. The molecule has 0 heterocycles. The van der Waals surface area contributed by atoms with Gasteiger partial charge in [-0.3, -0.25) is 0 Å². The van der Waals surface area contributed by atoms with E-state index in [0.717, 1.165) is 24.7 Å². The lowest BCUT2D eigenvalue weighted by atomic mass is 9.64. The van der Waals surface area contributed by atoms with Gasteiger partial charge in [-0.1, -0.05) is 69.1 Å². The van der Waals surface area contributed by atoms with Gasteiger partial charge in [0.05, 0.1) is 0 Å². The lowest BCUT2D eigenvalue weighted by Gasteiger charge is -2.41. The van der Waals surface area contributed by atoms with Gasteiger partial charge in [0.15, 0.2) is 0 Å². The SMILES string of the molecule is C=C(CCCC)C(=O)O.CC.CC1CCC2/C(=C/Br)CCCC12C. The number of carbonyl (C=O) groups is 1. The van der Waals surface area contributed by atoms with E-state index < -0.39 is 5.97 Å². The highest BCUT2D eigenvalue weighted by molar-refractivity contribution is 9.11. The van der Waals surface area contributed by atoms with Crippen LogP contribution in [-0.2, 0) is 4.79 Å². The van der Waals surface area contributed by atoms with E-state index in [2.05, 4.69) is 41.3 Å². The number of aliphatic carboxylic acids is 1. The monoisotopic (exact) mass is 400 g/mol. The molecule has 0 bridgehead atoms. The molecule has 0 amide bonds. The predicted molar refractivity (Wildman–Crippen MR) is 109 cm³/mol. The van der Waals surface area contributed by atoms with E-state index in [0.29, 0.717) is 17.4 Å². The third-order valence-electron chi connectivity index (χ3n) is 5.71. The standard InChI is InChI=1S/C12H19Br.C7H12O2.C2H6/c1-9-5-6-11-10(8-13)4-3-7-12(9,11)2;1-3-4-5-6(2)7(8)9;1-2/h8-9,11H,3-7H2,1-2H3;2-5H2,1H3,(H,8,9);1-2H3/b10-8+;;. The maximum atomic E-state index is 10.1. The summed E-state index contributed by atoms with van der Waals surface area (Å²) < 4.78 is 0.